The molecule has 0 nitrogen and oxygen atoms in total. The van der Waals surface area contributed by atoms with E-state index in [1.165, 1.54) is 5.75 Å². The predicted molar refractivity (Wildman–Crippen MR) is 33.2 cm³/mol. The molecule has 0 aliphatic rings. The van der Waals surface area contributed by atoms with E-state index in [0.717, 1.165) is 6.42 Å². The van der Waals surface area contributed by atoms with Gasteiger partial charge in [0.2, 0.25) is 0 Å². The second-order valence-corrected chi connectivity index (χ2v) is 2.06. The first-order valence-electron chi connectivity index (χ1n) is 2.01. The Hall–Kier alpha value is 0.0900. The van der Waals surface area contributed by atoms with Crippen molar-refractivity contribution in [3.63, 3.8) is 0 Å². The van der Waals surface area contributed by atoms with Crippen LogP contribution in [0.3, 0.4) is 0 Å². The van der Waals surface area contributed by atoms with Crippen molar-refractivity contribution in [1.82, 2.24) is 0 Å². The molecule has 0 heterocycles. The molecule has 0 aromatic rings. The van der Waals surface area contributed by atoms with Crippen molar-refractivity contribution in [3.05, 3.63) is 12.7 Å². The minimum absolute atomic E-state index is 1.14. The van der Waals surface area contributed by atoms with Crippen molar-refractivity contribution in [1.29, 1.82) is 0 Å². The third-order valence-corrected chi connectivity index (χ3v) is 1.17. The topological polar surface area (TPSA) is 0 Å². The van der Waals surface area contributed by atoms with E-state index in [1.807, 2.05) is 17.8 Å². The maximum atomic E-state index is 3.58. The highest BCUT2D eigenvalue weighted by Crippen LogP contribution is 1.93. The van der Waals surface area contributed by atoms with Gasteiger partial charge in [-0.15, -0.1) is 6.58 Å². The predicted octanol–water partition coefficient (Wildman–Crippen LogP) is 1.93. The molecular weight excluding hydrogens is 92.1 g/mol. The van der Waals surface area contributed by atoms with Gasteiger partial charge in [-0.05, 0) is 18.4 Å². The van der Waals surface area contributed by atoms with Crippen LogP contribution in [0.15, 0.2) is 12.7 Å². The monoisotopic (exact) mass is 102 g/mol. The van der Waals surface area contributed by atoms with Gasteiger partial charge < -0.3 is 0 Å². The summed E-state index contributed by atoms with van der Waals surface area (Å²) in [4.78, 5) is 0. The Bertz CT molecular complexity index is 32.9. The molecule has 0 aliphatic heterocycles. The number of rotatable bonds is 3. The molecular formula is C5H10S. The van der Waals surface area contributed by atoms with Gasteiger partial charge in [0, 0.05) is 0 Å². The SMILES string of the molecule is C=CCCSC. The molecule has 0 saturated heterocycles. The van der Waals surface area contributed by atoms with E-state index in [4.69, 9.17) is 0 Å². The molecule has 0 fully saturated rings. The summed E-state index contributed by atoms with van der Waals surface area (Å²) >= 11 is 1.85. The molecule has 0 spiro atoms. The molecule has 0 saturated carbocycles. The summed E-state index contributed by atoms with van der Waals surface area (Å²) in [7, 11) is 0. The first-order valence-corrected chi connectivity index (χ1v) is 3.41. The number of allylic oxidation sites excluding steroid dienone is 1. The molecule has 36 valence electrons. The van der Waals surface area contributed by atoms with Crippen LogP contribution in [0.4, 0.5) is 0 Å². The van der Waals surface area contributed by atoms with Crippen LogP contribution >= 0.6 is 11.8 Å². The summed E-state index contributed by atoms with van der Waals surface area (Å²) < 4.78 is 0. The molecule has 0 N–H and O–H groups in total. The van der Waals surface area contributed by atoms with Gasteiger partial charge in [0.25, 0.3) is 0 Å². The molecule has 0 aromatic carbocycles. The highest BCUT2D eigenvalue weighted by molar-refractivity contribution is 7.98. The van der Waals surface area contributed by atoms with E-state index < -0.39 is 0 Å². The van der Waals surface area contributed by atoms with Gasteiger partial charge in [-0.1, -0.05) is 6.08 Å². The Balaban J connectivity index is 2.49. The van der Waals surface area contributed by atoms with Gasteiger partial charge in [-0.3, -0.25) is 0 Å². The fourth-order valence-corrected chi connectivity index (χ4v) is 0.604. The molecule has 0 rings (SSSR count). The minimum Gasteiger partial charge on any atom is -0.165 e. The van der Waals surface area contributed by atoms with Crippen molar-refractivity contribution >= 4 is 11.8 Å². The average molecular weight is 102 g/mol. The Morgan fingerprint density at radius 3 is 2.67 bits per heavy atom. The zero-order valence-electron chi connectivity index (χ0n) is 4.11. The van der Waals surface area contributed by atoms with E-state index in [-0.39, 0.29) is 0 Å². The van der Waals surface area contributed by atoms with Crippen molar-refractivity contribution < 1.29 is 0 Å². The highest BCUT2D eigenvalue weighted by atomic mass is 32.2. The van der Waals surface area contributed by atoms with E-state index in [2.05, 4.69) is 12.8 Å². The maximum Gasteiger partial charge on any atom is -0.00358 e. The first-order chi connectivity index (χ1) is 2.91. The fourth-order valence-electron chi connectivity index (χ4n) is 0.201. The lowest BCUT2D eigenvalue weighted by atomic mass is 10.5. The first kappa shape index (κ1) is 6.09. The highest BCUT2D eigenvalue weighted by Gasteiger charge is 1.71. The van der Waals surface area contributed by atoms with Gasteiger partial charge in [0.1, 0.15) is 0 Å². The largest absolute Gasteiger partial charge is 0.165 e. The lowest BCUT2D eigenvalue weighted by molar-refractivity contribution is 1.26. The van der Waals surface area contributed by atoms with E-state index in [0.29, 0.717) is 0 Å². The van der Waals surface area contributed by atoms with Crippen LogP contribution in [-0.4, -0.2) is 12.0 Å². The lowest BCUT2D eigenvalue weighted by Gasteiger charge is -1.82. The minimum atomic E-state index is 1.14. The third-order valence-electron chi connectivity index (χ3n) is 0.526. The van der Waals surface area contributed by atoms with Crippen LogP contribution in [0.2, 0.25) is 0 Å². The number of hydrogen-bond acceptors (Lipinski definition) is 1. The van der Waals surface area contributed by atoms with Crippen molar-refractivity contribution in [2.24, 2.45) is 0 Å². The molecule has 0 atom stereocenters. The van der Waals surface area contributed by atoms with E-state index >= 15 is 0 Å². The summed E-state index contributed by atoms with van der Waals surface area (Å²) in [6, 6.07) is 0. The van der Waals surface area contributed by atoms with Crippen molar-refractivity contribution in [2.45, 2.75) is 6.42 Å². The second-order valence-electron chi connectivity index (χ2n) is 1.07. The molecule has 0 aliphatic carbocycles. The summed E-state index contributed by atoms with van der Waals surface area (Å²) in [6.07, 6.45) is 5.18. The van der Waals surface area contributed by atoms with Crippen molar-refractivity contribution in [3.8, 4) is 0 Å². The normalized spacial score (nSPS) is 8.17. The molecule has 0 amide bonds. The van der Waals surface area contributed by atoms with Gasteiger partial charge in [0.05, 0.1) is 0 Å². The van der Waals surface area contributed by atoms with Crippen LogP contribution in [0, 0.1) is 0 Å². The van der Waals surface area contributed by atoms with E-state index in [9.17, 15) is 0 Å². The fraction of sp³-hybridized carbons (Fsp3) is 0.600. The standard InChI is InChI=1S/C5H10S/c1-3-4-5-6-2/h3H,1,4-5H2,2H3. The summed E-state index contributed by atoms with van der Waals surface area (Å²) in [5.41, 5.74) is 0. The third kappa shape index (κ3) is 4.09. The molecule has 0 radical (unpaired) electrons. The quantitative estimate of drug-likeness (QED) is 0.387. The van der Waals surface area contributed by atoms with Gasteiger partial charge >= 0.3 is 0 Å². The van der Waals surface area contributed by atoms with Crippen molar-refractivity contribution in [2.75, 3.05) is 12.0 Å². The summed E-state index contributed by atoms with van der Waals surface area (Å²) in [5, 5.41) is 0. The zero-order chi connectivity index (χ0) is 4.83. The van der Waals surface area contributed by atoms with Crippen LogP contribution in [0.5, 0.6) is 0 Å². The van der Waals surface area contributed by atoms with Crippen LogP contribution in [-0.2, 0) is 0 Å². The zero-order valence-corrected chi connectivity index (χ0v) is 4.92. The average Bonchev–Trinajstić information content (AvgIpc) is 1.61. The molecule has 0 aromatic heterocycles. The molecule has 0 bridgehead atoms. The van der Waals surface area contributed by atoms with Gasteiger partial charge in [0.15, 0.2) is 0 Å². The Morgan fingerprint density at radius 2 is 2.50 bits per heavy atom. The second kappa shape index (κ2) is 5.09. The number of thioether (sulfide) groups is 1. The van der Waals surface area contributed by atoms with Gasteiger partial charge in [-0.25, -0.2) is 0 Å². The van der Waals surface area contributed by atoms with Crippen LogP contribution < -0.4 is 0 Å². The van der Waals surface area contributed by atoms with Gasteiger partial charge in [-0.2, -0.15) is 11.8 Å². The molecule has 6 heavy (non-hydrogen) atoms. The molecule has 0 unspecified atom stereocenters. The Kier molecular flexibility index (Phi) is 5.17. The van der Waals surface area contributed by atoms with E-state index in [1.54, 1.807) is 0 Å². The summed E-state index contributed by atoms with van der Waals surface area (Å²) in [5.74, 6) is 1.21. The molecule has 1 heteroatoms. The Morgan fingerprint density at radius 1 is 1.83 bits per heavy atom. The Labute approximate surface area is 43.6 Å². The lowest BCUT2D eigenvalue weighted by Crippen LogP contribution is -1.67. The van der Waals surface area contributed by atoms with Crippen LogP contribution in [0.25, 0.3) is 0 Å². The maximum absolute atomic E-state index is 3.58. The summed E-state index contributed by atoms with van der Waals surface area (Å²) in [6.45, 7) is 3.58. The number of hydrogen-bond donors (Lipinski definition) is 0. The smallest absolute Gasteiger partial charge is 0.00358 e. The van der Waals surface area contributed by atoms with Crippen LogP contribution in [0.1, 0.15) is 6.42 Å².